The van der Waals surface area contributed by atoms with E-state index in [9.17, 15) is 9.90 Å². The van der Waals surface area contributed by atoms with Crippen molar-refractivity contribution in [3.8, 4) is 0 Å². The van der Waals surface area contributed by atoms with Crippen LogP contribution in [0.25, 0.3) is 0 Å². The molecule has 2 aromatic rings. The fourth-order valence-electron chi connectivity index (χ4n) is 1.52. The second-order valence-electron chi connectivity index (χ2n) is 3.99. The highest BCUT2D eigenvalue weighted by atomic mass is 32.2. The lowest BCUT2D eigenvalue weighted by molar-refractivity contribution is -0.255. The van der Waals surface area contributed by atoms with Gasteiger partial charge in [0.15, 0.2) is 0 Å². The smallest absolute Gasteiger partial charge is 0.110 e. The molecule has 0 N–H and O–H groups in total. The van der Waals surface area contributed by atoms with Crippen molar-refractivity contribution in [3.05, 3.63) is 53.2 Å². The summed E-state index contributed by atoms with van der Waals surface area (Å²) in [6.07, 6.45) is 1.58. The van der Waals surface area contributed by atoms with Crippen molar-refractivity contribution in [2.75, 3.05) is 0 Å². The van der Waals surface area contributed by atoms with E-state index in [-0.39, 0.29) is 5.56 Å². The Kier molecular flexibility index (Phi) is 3.67. The number of carboxylic acids is 1. The lowest BCUT2D eigenvalue weighted by atomic mass is 10.1. The molecule has 4 heteroatoms. The fraction of sp³-hybridized carbons (Fsp3) is 0.143. The Hall–Kier alpha value is -1.81. The summed E-state index contributed by atoms with van der Waals surface area (Å²) in [6, 6.07) is 9.09. The summed E-state index contributed by atoms with van der Waals surface area (Å²) in [5, 5.41) is 11.4. The van der Waals surface area contributed by atoms with E-state index in [0.29, 0.717) is 5.03 Å². The minimum absolute atomic E-state index is 0.126. The largest absolute Gasteiger partial charge is 0.545 e. The zero-order valence-corrected chi connectivity index (χ0v) is 11.0. The van der Waals surface area contributed by atoms with E-state index in [1.54, 1.807) is 12.3 Å². The molecule has 0 spiro atoms. The van der Waals surface area contributed by atoms with Crippen LogP contribution in [0.3, 0.4) is 0 Å². The van der Waals surface area contributed by atoms with Crippen LogP contribution in [0.2, 0.25) is 0 Å². The molecule has 0 aliphatic carbocycles. The van der Waals surface area contributed by atoms with Crippen LogP contribution in [0.5, 0.6) is 0 Å². The molecule has 0 bridgehead atoms. The van der Waals surface area contributed by atoms with Gasteiger partial charge < -0.3 is 9.90 Å². The second-order valence-corrected chi connectivity index (χ2v) is 5.05. The lowest BCUT2D eigenvalue weighted by Crippen LogP contribution is -2.23. The number of aromatic carboxylic acids is 1. The van der Waals surface area contributed by atoms with Crippen LogP contribution in [0, 0.1) is 13.8 Å². The first kappa shape index (κ1) is 12.6. The molecule has 92 valence electrons. The Morgan fingerprint density at radius 2 is 2.00 bits per heavy atom. The topological polar surface area (TPSA) is 53.0 Å². The molecule has 0 radical (unpaired) electrons. The summed E-state index contributed by atoms with van der Waals surface area (Å²) in [4.78, 5) is 16.0. The predicted molar refractivity (Wildman–Crippen MR) is 68.6 cm³/mol. The van der Waals surface area contributed by atoms with Gasteiger partial charge in [0.25, 0.3) is 0 Å². The van der Waals surface area contributed by atoms with E-state index in [1.165, 1.54) is 29.0 Å². The third-order valence-corrected chi connectivity index (χ3v) is 3.69. The number of carboxylic acid groups (broad SMARTS) is 1. The number of benzene rings is 1. The molecular formula is C14H12NO2S-. The zero-order valence-electron chi connectivity index (χ0n) is 10.1. The number of carbonyl (C=O) groups is 1. The monoisotopic (exact) mass is 258 g/mol. The average molecular weight is 258 g/mol. The van der Waals surface area contributed by atoms with E-state index >= 15 is 0 Å². The van der Waals surface area contributed by atoms with Gasteiger partial charge in [-0.25, -0.2) is 4.98 Å². The Morgan fingerprint density at radius 1 is 1.22 bits per heavy atom. The lowest BCUT2D eigenvalue weighted by Gasteiger charge is -2.09. The van der Waals surface area contributed by atoms with Crippen LogP contribution in [-0.4, -0.2) is 11.0 Å². The van der Waals surface area contributed by atoms with Crippen molar-refractivity contribution in [2.24, 2.45) is 0 Å². The summed E-state index contributed by atoms with van der Waals surface area (Å²) in [7, 11) is 0. The van der Waals surface area contributed by atoms with E-state index < -0.39 is 5.97 Å². The number of rotatable bonds is 3. The van der Waals surface area contributed by atoms with Gasteiger partial charge in [-0.3, -0.25) is 0 Å². The predicted octanol–water partition coefficient (Wildman–Crippen LogP) is 2.21. The molecule has 0 fully saturated rings. The van der Waals surface area contributed by atoms with Crippen molar-refractivity contribution in [1.82, 2.24) is 4.98 Å². The minimum atomic E-state index is -1.20. The van der Waals surface area contributed by atoms with Gasteiger partial charge in [-0.05, 0) is 49.2 Å². The Labute approximate surface area is 110 Å². The van der Waals surface area contributed by atoms with Gasteiger partial charge >= 0.3 is 0 Å². The molecule has 0 unspecified atom stereocenters. The number of nitrogens with zero attached hydrogens (tertiary/aromatic N) is 1. The van der Waals surface area contributed by atoms with Gasteiger partial charge in [-0.2, -0.15) is 0 Å². The summed E-state index contributed by atoms with van der Waals surface area (Å²) in [5.41, 5.74) is 2.51. The second kappa shape index (κ2) is 5.23. The van der Waals surface area contributed by atoms with E-state index in [0.717, 1.165) is 4.90 Å². The van der Waals surface area contributed by atoms with Crippen LogP contribution in [-0.2, 0) is 0 Å². The van der Waals surface area contributed by atoms with Gasteiger partial charge in [0.2, 0.25) is 0 Å². The summed E-state index contributed by atoms with van der Waals surface area (Å²) in [6.45, 7) is 4.06. The van der Waals surface area contributed by atoms with Crippen LogP contribution in [0.4, 0.5) is 0 Å². The summed E-state index contributed by atoms with van der Waals surface area (Å²) < 4.78 is 0. The molecule has 0 saturated heterocycles. The van der Waals surface area contributed by atoms with Gasteiger partial charge in [0.1, 0.15) is 5.03 Å². The van der Waals surface area contributed by atoms with Gasteiger partial charge in [0.05, 0.1) is 5.97 Å². The first-order chi connectivity index (χ1) is 8.58. The van der Waals surface area contributed by atoms with Gasteiger partial charge in [0, 0.05) is 16.7 Å². The number of hydrogen-bond acceptors (Lipinski definition) is 4. The van der Waals surface area contributed by atoms with E-state index in [4.69, 9.17) is 0 Å². The number of pyridine rings is 1. The van der Waals surface area contributed by atoms with Crippen LogP contribution < -0.4 is 5.11 Å². The maximum atomic E-state index is 11.0. The van der Waals surface area contributed by atoms with Crippen LogP contribution >= 0.6 is 11.8 Å². The molecule has 1 aromatic carbocycles. The number of carbonyl (C=O) groups excluding carboxylic acids is 1. The summed E-state index contributed by atoms with van der Waals surface area (Å²) in [5.74, 6) is -1.20. The minimum Gasteiger partial charge on any atom is -0.545 e. The number of aromatic nitrogens is 1. The van der Waals surface area contributed by atoms with E-state index in [2.05, 4.69) is 4.98 Å². The quantitative estimate of drug-likeness (QED) is 0.847. The molecule has 3 nitrogen and oxygen atoms in total. The highest BCUT2D eigenvalue weighted by Gasteiger charge is 2.06. The van der Waals surface area contributed by atoms with Crippen LogP contribution in [0.1, 0.15) is 21.5 Å². The SMILES string of the molecule is Cc1ccc(Sc2ncccc2C(=O)[O-])cc1C. The van der Waals surface area contributed by atoms with Crippen molar-refractivity contribution in [3.63, 3.8) is 0 Å². The first-order valence-corrected chi connectivity index (χ1v) is 6.31. The summed E-state index contributed by atoms with van der Waals surface area (Å²) >= 11 is 1.33. The van der Waals surface area contributed by atoms with Crippen molar-refractivity contribution in [2.45, 2.75) is 23.8 Å². The van der Waals surface area contributed by atoms with Gasteiger partial charge in [-0.15, -0.1) is 0 Å². The molecule has 1 aromatic heterocycles. The van der Waals surface area contributed by atoms with Crippen LogP contribution in [0.15, 0.2) is 46.5 Å². The standard InChI is InChI=1S/C14H13NO2S/c1-9-5-6-11(8-10(9)2)18-13-12(14(16)17)4-3-7-15-13/h3-8H,1-2H3,(H,16,17)/p-1. The third-order valence-electron chi connectivity index (χ3n) is 2.68. The normalized spacial score (nSPS) is 10.3. The Bertz CT molecular complexity index is 596. The Balaban J connectivity index is 2.34. The van der Waals surface area contributed by atoms with E-state index in [1.807, 2.05) is 32.0 Å². The highest BCUT2D eigenvalue weighted by Crippen LogP contribution is 2.29. The molecule has 18 heavy (non-hydrogen) atoms. The molecule has 0 atom stereocenters. The Morgan fingerprint density at radius 3 is 2.67 bits per heavy atom. The maximum Gasteiger partial charge on any atom is 0.110 e. The molecule has 0 saturated carbocycles. The van der Waals surface area contributed by atoms with Gasteiger partial charge in [-0.1, -0.05) is 17.8 Å². The fourth-order valence-corrected chi connectivity index (χ4v) is 2.49. The highest BCUT2D eigenvalue weighted by molar-refractivity contribution is 7.99. The van der Waals surface area contributed by atoms with Crippen molar-refractivity contribution in [1.29, 1.82) is 0 Å². The molecule has 0 aliphatic heterocycles. The average Bonchev–Trinajstić information content (AvgIpc) is 2.34. The maximum absolute atomic E-state index is 11.0. The van der Waals surface area contributed by atoms with Crippen molar-refractivity contribution >= 4 is 17.7 Å². The number of hydrogen-bond donors (Lipinski definition) is 0. The molecule has 0 amide bonds. The molecular weight excluding hydrogens is 246 g/mol. The number of aryl methyl sites for hydroxylation is 2. The zero-order chi connectivity index (χ0) is 13.1. The van der Waals surface area contributed by atoms with Crippen molar-refractivity contribution < 1.29 is 9.90 Å². The molecule has 1 heterocycles. The molecule has 2 rings (SSSR count). The third kappa shape index (κ3) is 2.71. The molecule has 0 aliphatic rings. The first-order valence-electron chi connectivity index (χ1n) is 5.49.